The molecule has 1 amide bonds. The van der Waals surface area contributed by atoms with E-state index in [9.17, 15) is 22.8 Å². The van der Waals surface area contributed by atoms with Crippen LogP contribution in [-0.2, 0) is 6.18 Å². The molecular formula is C20H12F3N3O3S. The maximum atomic E-state index is 12.8. The van der Waals surface area contributed by atoms with Gasteiger partial charge >= 0.3 is 6.18 Å². The summed E-state index contributed by atoms with van der Waals surface area (Å²) >= 11 is 0.202. The molecule has 0 spiro atoms. The van der Waals surface area contributed by atoms with Gasteiger partial charge in [-0.05, 0) is 19.1 Å². The second-order valence-corrected chi connectivity index (χ2v) is 7.28. The van der Waals surface area contributed by atoms with E-state index in [0.717, 1.165) is 0 Å². The molecule has 0 atom stereocenters. The number of halogens is 3. The van der Waals surface area contributed by atoms with Gasteiger partial charge in [0.05, 0.1) is 10.9 Å². The second kappa shape index (κ2) is 7.38. The van der Waals surface area contributed by atoms with Gasteiger partial charge in [-0.25, -0.2) is 0 Å². The van der Waals surface area contributed by atoms with Crippen LogP contribution < -0.4 is 10.7 Å². The molecule has 2 heterocycles. The van der Waals surface area contributed by atoms with Crippen molar-refractivity contribution >= 4 is 33.3 Å². The molecule has 4 aromatic rings. The number of carbonyl (C=O) groups is 1. The van der Waals surface area contributed by atoms with E-state index in [-0.39, 0.29) is 38.4 Å². The lowest BCUT2D eigenvalue weighted by Gasteiger charge is -2.10. The lowest BCUT2D eigenvalue weighted by Crippen LogP contribution is -2.14. The molecule has 0 radical (unpaired) electrons. The number of anilines is 1. The summed E-state index contributed by atoms with van der Waals surface area (Å²) in [5.74, 6) is -0.458. The van der Waals surface area contributed by atoms with Gasteiger partial charge in [0, 0.05) is 11.1 Å². The smallest absolute Gasteiger partial charge is 0.445 e. The zero-order valence-corrected chi connectivity index (χ0v) is 16.1. The second-order valence-electron chi connectivity index (χ2n) is 6.30. The van der Waals surface area contributed by atoms with Crippen molar-refractivity contribution in [1.29, 1.82) is 0 Å². The highest BCUT2D eigenvalue weighted by atomic mass is 32.1. The first-order valence-electron chi connectivity index (χ1n) is 8.59. The number of nitrogens with one attached hydrogen (secondary N) is 1. The number of rotatable bonds is 3. The van der Waals surface area contributed by atoms with Gasteiger partial charge in [-0.3, -0.25) is 14.9 Å². The number of benzene rings is 2. The van der Waals surface area contributed by atoms with Gasteiger partial charge in [0.15, 0.2) is 11.0 Å². The van der Waals surface area contributed by atoms with Crippen LogP contribution in [0.3, 0.4) is 0 Å². The normalized spacial score (nSPS) is 11.6. The predicted molar refractivity (Wildman–Crippen MR) is 106 cm³/mol. The predicted octanol–water partition coefficient (Wildman–Crippen LogP) is 4.89. The number of para-hydroxylation sites is 1. The van der Waals surface area contributed by atoms with E-state index in [2.05, 4.69) is 15.5 Å². The Morgan fingerprint density at radius 3 is 2.47 bits per heavy atom. The van der Waals surface area contributed by atoms with Crippen LogP contribution >= 0.6 is 11.3 Å². The van der Waals surface area contributed by atoms with Crippen LogP contribution in [0.15, 0.2) is 57.7 Å². The Morgan fingerprint density at radius 2 is 1.80 bits per heavy atom. The summed E-state index contributed by atoms with van der Waals surface area (Å²) in [6.45, 7) is 1.63. The molecule has 0 fully saturated rings. The van der Waals surface area contributed by atoms with Crippen molar-refractivity contribution in [3.05, 3.63) is 74.9 Å². The molecule has 0 saturated heterocycles. The van der Waals surface area contributed by atoms with Gasteiger partial charge in [0.2, 0.25) is 10.1 Å². The SMILES string of the molecule is Cc1c(-c2ccccc2)oc2c(C(=O)Nc3nnc(C(F)(F)F)s3)cccc2c1=O. The van der Waals surface area contributed by atoms with E-state index in [4.69, 9.17) is 4.42 Å². The van der Waals surface area contributed by atoms with Crippen molar-refractivity contribution < 1.29 is 22.4 Å². The third-order valence-electron chi connectivity index (χ3n) is 4.31. The van der Waals surface area contributed by atoms with Gasteiger partial charge in [-0.15, -0.1) is 10.2 Å². The van der Waals surface area contributed by atoms with Gasteiger partial charge in [0.25, 0.3) is 5.91 Å². The first-order valence-corrected chi connectivity index (χ1v) is 9.41. The van der Waals surface area contributed by atoms with Crippen LogP contribution in [0.5, 0.6) is 0 Å². The van der Waals surface area contributed by atoms with Crippen LogP contribution in [0.4, 0.5) is 18.3 Å². The molecule has 4 rings (SSSR count). The summed E-state index contributed by atoms with van der Waals surface area (Å²) in [5, 5.41) is 7.35. The Kier molecular flexibility index (Phi) is 4.86. The van der Waals surface area contributed by atoms with Crippen LogP contribution in [0.1, 0.15) is 20.9 Å². The number of fused-ring (bicyclic) bond motifs is 1. The molecule has 2 aromatic heterocycles. The Hall–Kier alpha value is -3.53. The van der Waals surface area contributed by atoms with Gasteiger partial charge < -0.3 is 4.42 Å². The molecule has 2 aromatic carbocycles. The third kappa shape index (κ3) is 3.57. The molecule has 6 nitrogen and oxygen atoms in total. The molecule has 0 aliphatic carbocycles. The first-order chi connectivity index (χ1) is 14.3. The molecule has 0 bridgehead atoms. The summed E-state index contributed by atoms with van der Waals surface area (Å²) in [7, 11) is 0. The van der Waals surface area contributed by atoms with Crippen molar-refractivity contribution in [1.82, 2.24) is 10.2 Å². The summed E-state index contributed by atoms with van der Waals surface area (Å²) in [5.41, 5.74) is 0.754. The number of amides is 1. The summed E-state index contributed by atoms with van der Waals surface area (Å²) in [6, 6.07) is 13.3. The van der Waals surface area contributed by atoms with Gasteiger partial charge in [0.1, 0.15) is 5.76 Å². The molecule has 1 N–H and O–H groups in total. The van der Waals surface area contributed by atoms with E-state index >= 15 is 0 Å². The summed E-state index contributed by atoms with van der Waals surface area (Å²) in [4.78, 5) is 25.5. The first kappa shape index (κ1) is 19.8. The van der Waals surface area contributed by atoms with Crippen LogP contribution in [-0.4, -0.2) is 16.1 Å². The molecule has 0 unspecified atom stereocenters. The van der Waals surface area contributed by atoms with E-state index < -0.39 is 17.1 Å². The highest BCUT2D eigenvalue weighted by molar-refractivity contribution is 7.15. The topological polar surface area (TPSA) is 85.1 Å². The molecule has 0 aliphatic heterocycles. The maximum absolute atomic E-state index is 12.8. The van der Waals surface area contributed by atoms with Crippen molar-refractivity contribution in [2.75, 3.05) is 5.32 Å². The van der Waals surface area contributed by atoms with E-state index in [1.807, 2.05) is 6.07 Å². The summed E-state index contributed by atoms with van der Waals surface area (Å²) in [6.07, 6.45) is -4.66. The minimum absolute atomic E-state index is 0.00876. The average molecular weight is 431 g/mol. The van der Waals surface area contributed by atoms with Crippen molar-refractivity contribution in [2.45, 2.75) is 13.1 Å². The van der Waals surface area contributed by atoms with Gasteiger partial charge in [-0.1, -0.05) is 47.7 Å². The average Bonchev–Trinajstić information content (AvgIpc) is 3.20. The van der Waals surface area contributed by atoms with E-state index in [0.29, 0.717) is 16.9 Å². The Balaban J connectivity index is 1.79. The van der Waals surface area contributed by atoms with Crippen LogP contribution in [0.2, 0.25) is 0 Å². The van der Waals surface area contributed by atoms with Gasteiger partial charge in [-0.2, -0.15) is 13.2 Å². The summed E-state index contributed by atoms with van der Waals surface area (Å²) < 4.78 is 44.0. The lowest BCUT2D eigenvalue weighted by atomic mass is 10.0. The standard InChI is InChI=1S/C20H12F3N3O3S/c1-10-14(27)12-8-5-9-13(16(12)29-15(10)11-6-3-2-4-7-11)17(28)24-19-26-25-18(30-19)20(21,22)23/h2-9H,1H3,(H,24,26,28). The highest BCUT2D eigenvalue weighted by Crippen LogP contribution is 2.33. The number of carbonyl (C=O) groups excluding carboxylic acids is 1. The molecule has 0 saturated carbocycles. The Labute approximate surface area is 171 Å². The minimum Gasteiger partial charge on any atom is -0.455 e. The fourth-order valence-corrected chi connectivity index (χ4v) is 3.51. The lowest BCUT2D eigenvalue weighted by molar-refractivity contribution is -0.138. The monoisotopic (exact) mass is 431 g/mol. The molecular weight excluding hydrogens is 419 g/mol. The number of hydrogen-bond acceptors (Lipinski definition) is 6. The fraction of sp³-hybridized carbons (Fsp3) is 0.100. The van der Waals surface area contributed by atoms with Crippen molar-refractivity contribution in [2.24, 2.45) is 0 Å². The van der Waals surface area contributed by atoms with E-state index in [1.165, 1.54) is 18.2 Å². The van der Waals surface area contributed by atoms with E-state index in [1.54, 1.807) is 31.2 Å². The van der Waals surface area contributed by atoms with Crippen LogP contribution in [0.25, 0.3) is 22.3 Å². The Bertz CT molecular complexity index is 1310. The molecule has 0 aliphatic rings. The largest absolute Gasteiger partial charge is 0.455 e. The minimum atomic E-state index is -4.66. The highest BCUT2D eigenvalue weighted by Gasteiger charge is 2.36. The van der Waals surface area contributed by atoms with Crippen molar-refractivity contribution in [3.8, 4) is 11.3 Å². The molecule has 152 valence electrons. The number of alkyl halides is 3. The zero-order valence-electron chi connectivity index (χ0n) is 15.3. The number of hydrogen-bond donors (Lipinski definition) is 1. The number of aromatic nitrogens is 2. The maximum Gasteiger partial charge on any atom is 0.445 e. The quantitative estimate of drug-likeness (QED) is 0.499. The van der Waals surface area contributed by atoms with Crippen LogP contribution in [0, 0.1) is 6.92 Å². The van der Waals surface area contributed by atoms with Crippen molar-refractivity contribution in [3.63, 3.8) is 0 Å². The third-order valence-corrected chi connectivity index (χ3v) is 5.20. The molecule has 30 heavy (non-hydrogen) atoms. The number of nitrogens with zero attached hydrogens (tertiary/aromatic N) is 2. The fourth-order valence-electron chi connectivity index (χ4n) is 2.91. The zero-order chi connectivity index (χ0) is 21.5. The Morgan fingerprint density at radius 1 is 1.07 bits per heavy atom. The molecule has 10 heteroatoms.